The molecule has 0 radical (unpaired) electrons. The summed E-state index contributed by atoms with van der Waals surface area (Å²) in [4.78, 5) is 0. The second-order valence-electron chi connectivity index (χ2n) is 3.59. The Morgan fingerprint density at radius 2 is 2.00 bits per heavy atom. The summed E-state index contributed by atoms with van der Waals surface area (Å²) in [6.07, 6.45) is 0.367. The summed E-state index contributed by atoms with van der Waals surface area (Å²) in [7, 11) is 0. The lowest BCUT2D eigenvalue weighted by molar-refractivity contribution is 0.0405. The molecule has 0 bridgehead atoms. The predicted octanol–water partition coefficient (Wildman–Crippen LogP) is 2.78. The van der Waals surface area contributed by atoms with Gasteiger partial charge in [0, 0.05) is 12.2 Å². The average Bonchev–Trinajstić information content (AvgIpc) is 2.28. The minimum absolute atomic E-state index is 0.167. The largest absolute Gasteiger partial charge is 0.377 e. The van der Waals surface area contributed by atoms with Crippen LogP contribution in [0.15, 0.2) is 18.2 Å². The zero-order chi connectivity index (χ0) is 12.1. The summed E-state index contributed by atoms with van der Waals surface area (Å²) in [6, 6.07) is 2.65. The Morgan fingerprint density at radius 1 is 1.31 bits per heavy atom. The summed E-state index contributed by atoms with van der Waals surface area (Å²) >= 11 is 0. The third-order valence-corrected chi connectivity index (χ3v) is 2.50. The smallest absolute Gasteiger partial charge is 0.128 e. The second-order valence-corrected chi connectivity index (χ2v) is 3.59. The van der Waals surface area contributed by atoms with Crippen LogP contribution in [0.25, 0.3) is 0 Å². The van der Waals surface area contributed by atoms with Crippen molar-refractivity contribution in [3.05, 3.63) is 35.4 Å². The van der Waals surface area contributed by atoms with Gasteiger partial charge in [-0.15, -0.1) is 0 Å². The Labute approximate surface area is 94.4 Å². The summed E-state index contributed by atoms with van der Waals surface area (Å²) in [5.74, 6) is -0.981. The van der Waals surface area contributed by atoms with E-state index < -0.39 is 17.7 Å². The fraction of sp³-hybridized carbons (Fsp3) is 0.500. The maximum absolute atomic E-state index is 13.5. The van der Waals surface area contributed by atoms with Crippen molar-refractivity contribution in [3.63, 3.8) is 0 Å². The quantitative estimate of drug-likeness (QED) is 0.842. The highest BCUT2D eigenvalue weighted by Gasteiger charge is 2.21. The summed E-state index contributed by atoms with van der Waals surface area (Å²) in [5, 5.41) is 0. The Morgan fingerprint density at radius 3 is 2.56 bits per heavy atom. The van der Waals surface area contributed by atoms with Crippen LogP contribution < -0.4 is 5.73 Å². The van der Waals surface area contributed by atoms with E-state index in [0.29, 0.717) is 13.0 Å². The fourth-order valence-electron chi connectivity index (χ4n) is 1.66. The van der Waals surface area contributed by atoms with Crippen molar-refractivity contribution >= 4 is 0 Å². The van der Waals surface area contributed by atoms with Crippen LogP contribution in [0.4, 0.5) is 8.78 Å². The van der Waals surface area contributed by atoms with E-state index in [1.54, 1.807) is 0 Å². The van der Waals surface area contributed by atoms with Crippen LogP contribution in [-0.4, -0.2) is 12.7 Å². The number of benzene rings is 1. The van der Waals surface area contributed by atoms with Crippen LogP contribution in [0.1, 0.15) is 31.9 Å². The topological polar surface area (TPSA) is 35.2 Å². The molecule has 2 nitrogen and oxygen atoms in total. The average molecular weight is 229 g/mol. The van der Waals surface area contributed by atoms with E-state index in [-0.39, 0.29) is 11.7 Å². The third kappa shape index (κ3) is 3.00. The molecule has 2 atom stereocenters. The van der Waals surface area contributed by atoms with Crippen molar-refractivity contribution in [2.75, 3.05) is 6.61 Å². The molecule has 1 aromatic carbocycles. The molecule has 0 aliphatic rings. The first-order valence-electron chi connectivity index (χ1n) is 5.42. The first-order valence-corrected chi connectivity index (χ1v) is 5.42. The Hall–Kier alpha value is -1.00. The molecule has 0 aromatic heterocycles. The lowest BCUT2D eigenvalue weighted by Crippen LogP contribution is -2.29. The summed E-state index contributed by atoms with van der Waals surface area (Å²) in [6.45, 7) is 4.25. The van der Waals surface area contributed by atoms with Crippen LogP contribution in [-0.2, 0) is 4.74 Å². The lowest BCUT2D eigenvalue weighted by atomic mass is 10.00. The minimum atomic E-state index is -0.638. The highest BCUT2D eigenvalue weighted by molar-refractivity contribution is 5.23. The van der Waals surface area contributed by atoms with Gasteiger partial charge in [0.15, 0.2) is 0 Å². The second kappa shape index (κ2) is 5.92. The summed E-state index contributed by atoms with van der Waals surface area (Å²) in [5.41, 5.74) is 6.04. The van der Waals surface area contributed by atoms with Gasteiger partial charge in [0.05, 0.1) is 12.1 Å². The van der Waals surface area contributed by atoms with Gasteiger partial charge in [-0.05, 0) is 31.5 Å². The molecule has 0 saturated heterocycles. The van der Waals surface area contributed by atoms with Crippen LogP contribution in [0, 0.1) is 11.6 Å². The molecule has 0 saturated carbocycles. The van der Waals surface area contributed by atoms with Gasteiger partial charge >= 0.3 is 0 Å². The van der Waals surface area contributed by atoms with Gasteiger partial charge in [0.1, 0.15) is 11.6 Å². The van der Waals surface area contributed by atoms with E-state index in [9.17, 15) is 8.78 Å². The zero-order valence-corrected chi connectivity index (χ0v) is 9.54. The van der Waals surface area contributed by atoms with Gasteiger partial charge in [0.25, 0.3) is 0 Å². The molecule has 16 heavy (non-hydrogen) atoms. The maximum Gasteiger partial charge on any atom is 0.128 e. The van der Waals surface area contributed by atoms with Crippen LogP contribution in [0.2, 0.25) is 0 Å². The molecular formula is C12H17F2NO. The molecule has 2 unspecified atom stereocenters. The maximum atomic E-state index is 13.5. The molecule has 0 heterocycles. The van der Waals surface area contributed by atoms with E-state index >= 15 is 0 Å². The Balaban J connectivity index is 2.93. The van der Waals surface area contributed by atoms with Gasteiger partial charge in [-0.3, -0.25) is 0 Å². The van der Waals surface area contributed by atoms with Gasteiger partial charge in [-0.25, -0.2) is 8.78 Å². The molecule has 0 aliphatic carbocycles. The standard InChI is InChI=1S/C12H17F2NO/c1-3-11(16-4-2)12(15)9-7-8(13)5-6-10(9)14/h5-7,11-12H,3-4,15H2,1-2H3. The molecule has 0 amide bonds. The van der Waals surface area contributed by atoms with E-state index in [1.807, 2.05) is 13.8 Å². The fourth-order valence-corrected chi connectivity index (χ4v) is 1.66. The molecule has 2 N–H and O–H groups in total. The predicted molar refractivity (Wildman–Crippen MR) is 59.0 cm³/mol. The van der Waals surface area contributed by atoms with Crippen molar-refractivity contribution < 1.29 is 13.5 Å². The monoisotopic (exact) mass is 229 g/mol. The van der Waals surface area contributed by atoms with Crippen molar-refractivity contribution in [2.45, 2.75) is 32.4 Å². The van der Waals surface area contributed by atoms with Crippen LogP contribution >= 0.6 is 0 Å². The number of rotatable bonds is 5. The highest BCUT2D eigenvalue weighted by Crippen LogP contribution is 2.22. The summed E-state index contributed by atoms with van der Waals surface area (Å²) < 4.78 is 31.8. The number of ether oxygens (including phenoxy) is 1. The molecule has 4 heteroatoms. The Kier molecular flexibility index (Phi) is 4.83. The van der Waals surface area contributed by atoms with Crippen LogP contribution in [0.3, 0.4) is 0 Å². The minimum Gasteiger partial charge on any atom is -0.377 e. The van der Waals surface area contributed by atoms with E-state index in [1.165, 1.54) is 0 Å². The Bertz CT molecular complexity index is 344. The van der Waals surface area contributed by atoms with Crippen molar-refractivity contribution in [3.8, 4) is 0 Å². The molecule has 0 aliphatic heterocycles. The first kappa shape index (κ1) is 13.1. The van der Waals surface area contributed by atoms with E-state index in [4.69, 9.17) is 10.5 Å². The van der Waals surface area contributed by atoms with E-state index in [2.05, 4.69) is 0 Å². The third-order valence-electron chi connectivity index (χ3n) is 2.50. The van der Waals surface area contributed by atoms with Crippen LogP contribution in [0.5, 0.6) is 0 Å². The number of halogens is 2. The molecular weight excluding hydrogens is 212 g/mol. The molecule has 90 valence electrons. The lowest BCUT2D eigenvalue weighted by Gasteiger charge is -2.23. The van der Waals surface area contributed by atoms with Gasteiger partial charge < -0.3 is 10.5 Å². The van der Waals surface area contributed by atoms with Gasteiger partial charge in [-0.1, -0.05) is 6.92 Å². The van der Waals surface area contributed by atoms with Crippen molar-refractivity contribution in [1.29, 1.82) is 0 Å². The zero-order valence-electron chi connectivity index (χ0n) is 9.54. The van der Waals surface area contributed by atoms with E-state index in [0.717, 1.165) is 18.2 Å². The van der Waals surface area contributed by atoms with Crippen molar-refractivity contribution in [1.82, 2.24) is 0 Å². The molecule has 0 fully saturated rings. The SMILES string of the molecule is CCOC(CC)C(N)c1cc(F)ccc1F. The molecule has 0 spiro atoms. The van der Waals surface area contributed by atoms with Crippen molar-refractivity contribution in [2.24, 2.45) is 5.73 Å². The normalized spacial score (nSPS) is 14.8. The number of hydrogen-bond donors (Lipinski definition) is 1. The molecule has 1 rings (SSSR count). The van der Waals surface area contributed by atoms with Gasteiger partial charge in [-0.2, -0.15) is 0 Å². The highest BCUT2D eigenvalue weighted by atomic mass is 19.1. The van der Waals surface area contributed by atoms with Gasteiger partial charge in [0.2, 0.25) is 0 Å². The first-order chi connectivity index (χ1) is 7.60. The number of hydrogen-bond acceptors (Lipinski definition) is 2. The molecule has 1 aromatic rings. The number of nitrogens with two attached hydrogens (primary N) is 1.